The van der Waals surface area contributed by atoms with Gasteiger partial charge in [-0.25, -0.2) is 0 Å². The van der Waals surface area contributed by atoms with Gasteiger partial charge in [0, 0.05) is 0 Å². The van der Waals surface area contributed by atoms with E-state index in [4.69, 9.17) is 5.73 Å². The van der Waals surface area contributed by atoms with Crippen LogP contribution in [0.25, 0.3) is 0 Å². The van der Waals surface area contributed by atoms with Crippen LogP contribution in [-0.2, 0) is 0 Å². The third kappa shape index (κ3) is 2.04. The van der Waals surface area contributed by atoms with Crippen LogP contribution >= 0.6 is 0 Å². The zero-order chi connectivity index (χ0) is 10.6. The Hall–Kier alpha value is -1.96. The van der Waals surface area contributed by atoms with Gasteiger partial charge < -0.3 is 11.1 Å². The van der Waals surface area contributed by atoms with Crippen molar-refractivity contribution >= 4 is 11.6 Å². The number of nitrogen functional groups attached to an aromatic ring is 1. The number of amides is 1. The smallest absolute Gasteiger partial charge is 0.274 e. The Bertz CT molecular complexity index is 397. The van der Waals surface area contributed by atoms with Crippen LogP contribution in [0.4, 0.5) is 5.69 Å². The number of carbonyl (C=O) groups is 1. The van der Waals surface area contributed by atoms with E-state index in [-0.39, 0.29) is 11.6 Å². The maximum atomic E-state index is 11.4. The van der Waals surface area contributed by atoms with Gasteiger partial charge in [-0.15, -0.1) is 5.92 Å². The van der Waals surface area contributed by atoms with Gasteiger partial charge in [0.05, 0.1) is 17.9 Å². The summed E-state index contributed by atoms with van der Waals surface area (Å²) in [5.74, 6) is 5.07. The Morgan fingerprint density at radius 3 is 2.93 bits per heavy atom. The molecule has 4 N–H and O–H groups in total. The van der Waals surface area contributed by atoms with E-state index < -0.39 is 0 Å². The second-order valence-electron chi connectivity index (χ2n) is 2.72. The van der Waals surface area contributed by atoms with Crippen LogP contribution in [0.3, 0.4) is 0 Å². The molecule has 0 saturated carbocycles. The summed E-state index contributed by atoms with van der Waals surface area (Å²) in [5, 5.41) is 9.00. The number of anilines is 1. The predicted molar refractivity (Wildman–Crippen MR) is 53.5 cm³/mol. The fourth-order valence-corrected chi connectivity index (χ4v) is 0.907. The summed E-state index contributed by atoms with van der Waals surface area (Å²) in [5.41, 5.74) is 6.91. The molecule has 0 saturated heterocycles. The first kappa shape index (κ1) is 10.1. The van der Waals surface area contributed by atoms with Crippen molar-refractivity contribution in [2.45, 2.75) is 13.8 Å². The lowest BCUT2D eigenvalue weighted by Crippen LogP contribution is -2.24. The van der Waals surface area contributed by atoms with Crippen LogP contribution in [0.15, 0.2) is 0 Å². The largest absolute Gasteiger partial charge is 0.395 e. The molecule has 0 atom stereocenters. The third-order valence-electron chi connectivity index (χ3n) is 1.72. The molecule has 0 fully saturated rings. The van der Waals surface area contributed by atoms with Crippen LogP contribution < -0.4 is 11.1 Å². The van der Waals surface area contributed by atoms with E-state index in [2.05, 4.69) is 27.4 Å². The van der Waals surface area contributed by atoms with E-state index in [0.717, 1.165) is 0 Å². The van der Waals surface area contributed by atoms with Gasteiger partial charge in [-0.1, -0.05) is 5.92 Å². The molecule has 1 amide bonds. The quantitative estimate of drug-likeness (QED) is 0.579. The fraction of sp³-hybridized carbons (Fsp3) is 0.333. The van der Waals surface area contributed by atoms with Crippen LogP contribution in [0.1, 0.15) is 23.1 Å². The summed E-state index contributed by atoms with van der Waals surface area (Å²) < 4.78 is 0. The molecule has 5 nitrogen and oxygen atoms in total. The minimum absolute atomic E-state index is 0.223. The van der Waals surface area contributed by atoms with Gasteiger partial charge in [0.2, 0.25) is 0 Å². The molecule has 1 aromatic rings. The average Bonchev–Trinajstić information content (AvgIpc) is 2.48. The lowest BCUT2D eigenvalue weighted by atomic mass is 10.3. The zero-order valence-electron chi connectivity index (χ0n) is 8.14. The van der Waals surface area contributed by atoms with Crippen molar-refractivity contribution in [1.29, 1.82) is 0 Å². The minimum Gasteiger partial charge on any atom is -0.395 e. The standard InChI is InChI=1S/C9H12N4O/c1-3-4-5-11-9(14)8-7(10)6(2)12-13-8/h5,10H2,1-2H3,(H,11,14)(H,12,13). The summed E-state index contributed by atoms with van der Waals surface area (Å²) in [6, 6.07) is 0. The highest BCUT2D eigenvalue weighted by Gasteiger charge is 2.13. The SMILES string of the molecule is CC#CCNC(=O)c1n[nH]c(C)c1N. The van der Waals surface area contributed by atoms with Crippen molar-refractivity contribution in [1.82, 2.24) is 15.5 Å². The molecule has 0 spiro atoms. The van der Waals surface area contributed by atoms with Crippen LogP contribution in [0, 0.1) is 18.8 Å². The maximum absolute atomic E-state index is 11.4. The second-order valence-corrected chi connectivity index (χ2v) is 2.72. The maximum Gasteiger partial charge on any atom is 0.274 e. The lowest BCUT2D eigenvalue weighted by Gasteiger charge is -1.98. The summed E-state index contributed by atoms with van der Waals surface area (Å²) in [6.07, 6.45) is 0. The molecular weight excluding hydrogens is 180 g/mol. The van der Waals surface area contributed by atoms with Gasteiger partial charge >= 0.3 is 0 Å². The molecule has 1 rings (SSSR count). The van der Waals surface area contributed by atoms with Crippen molar-refractivity contribution in [3.8, 4) is 11.8 Å². The minimum atomic E-state index is -0.311. The number of nitrogens with two attached hydrogens (primary N) is 1. The Morgan fingerprint density at radius 2 is 2.43 bits per heavy atom. The summed E-state index contributed by atoms with van der Waals surface area (Å²) in [7, 11) is 0. The third-order valence-corrected chi connectivity index (χ3v) is 1.72. The van der Waals surface area contributed by atoms with E-state index in [9.17, 15) is 4.79 Å². The summed E-state index contributed by atoms with van der Waals surface area (Å²) in [4.78, 5) is 11.4. The number of carbonyl (C=O) groups excluding carboxylic acids is 1. The zero-order valence-corrected chi connectivity index (χ0v) is 8.14. The number of hydrogen-bond donors (Lipinski definition) is 3. The highest BCUT2D eigenvalue weighted by molar-refractivity contribution is 5.97. The highest BCUT2D eigenvalue weighted by Crippen LogP contribution is 2.11. The average molecular weight is 192 g/mol. The topological polar surface area (TPSA) is 83.8 Å². The van der Waals surface area contributed by atoms with Crippen LogP contribution in [0.2, 0.25) is 0 Å². The van der Waals surface area contributed by atoms with Crippen molar-refractivity contribution in [2.75, 3.05) is 12.3 Å². The first-order chi connectivity index (χ1) is 6.66. The van der Waals surface area contributed by atoms with Crippen molar-refractivity contribution in [2.24, 2.45) is 0 Å². The molecule has 0 aliphatic rings. The number of rotatable bonds is 2. The number of nitrogens with one attached hydrogen (secondary N) is 2. The molecule has 14 heavy (non-hydrogen) atoms. The molecule has 1 aromatic heterocycles. The molecule has 0 radical (unpaired) electrons. The molecule has 1 heterocycles. The first-order valence-corrected chi connectivity index (χ1v) is 4.15. The highest BCUT2D eigenvalue weighted by atomic mass is 16.1. The van der Waals surface area contributed by atoms with Gasteiger partial charge in [0.15, 0.2) is 5.69 Å². The number of H-pyrrole nitrogens is 1. The Labute approximate surface area is 82.1 Å². The fourth-order valence-electron chi connectivity index (χ4n) is 0.907. The molecular formula is C9H12N4O. The molecule has 0 bridgehead atoms. The van der Waals surface area contributed by atoms with Crippen molar-refractivity contribution < 1.29 is 4.79 Å². The van der Waals surface area contributed by atoms with E-state index in [1.54, 1.807) is 13.8 Å². The number of aromatic nitrogens is 2. The van der Waals surface area contributed by atoms with E-state index in [1.807, 2.05) is 0 Å². The summed E-state index contributed by atoms with van der Waals surface area (Å²) >= 11 is 0. The van der Waals surface area contributed by atoms with E-state index >= 15 is 0 Å². The normalized spacial score (nSPS) is 9.00. The van der Waals surface area contributed by atoms with Gasteiger partial charge in [0.1, 0.15) is 0 Å². The van der Waals surface area contributed by atoms with Crippen molar-refractivity contribution in [3.63, 3.8) is 0 Å². The molecule has 74 valence electrons. The van der Waals surface area contributed by atoms with Crippen LogP contribution in [0.5, 0.6) is 0 Å². The van der Waals surface area contributed by atoms with Crippen LogP contribution in [-0.4, -0.2) is 22.6 Å². The Morgan fingerprint density at radius 1 is 1.71 bits per heavy atom. The number of nitrogens with zero attached hydrogens (tertiary/aromatic N) is 1. The number of hydrogen-bond acceptors (Lipinski definition) is 3. The molecule has 0 aliphatic heterocycles. The lowest BCUT2D eigenvalue weighted by molar-refractivity contribution is 0.0954. The first-order valence-electron chi connectivity index (χ1n) is 4.15. The second kappa shape index (κ2) is 4.33. The molecule has 5 heteroatoms. The molecule has 0 aromatic carbocycles. The Balaban J connectivity index is 2.68. The molecule has 0 unspecified atom stereocenters. The van der Waals surface area contributed by atoms with E-state index in [1.165, 1.54) is 0 Å². The van der Waals surface area contributed by atoms with Gasteiger partial charge in [0.25, 0.3) is 5.91 Å². The van der Waals surface area contributed by atoms with Gasteiger partial charge in [-0.3, -0.25) is 9.89 Å². The van der Waals surface area contributed by atoms with Gasteiger partial charge in [-0.2, -0.15) is 5.10 Å². The monoisotopic (exact) mass is 192 g/mol. The Kier molecular flexibility index (Phi) is 3.13. The van der Waals surface area contributed by atoms with Gasteiger partial charge in [-0.05, 0) is 13.8 Å². The number of aromatic amines is 1. The number of aryl methyl sites for hydroxylation is 1. The molecule has 0 aliphatic carbocycles. The summed E-state index contributed by atoms with van der Waals surface area (Å²) in [6.45, 7) is 3.77. The van der Waals surface area contributed by atoms with E-state index in [0.29, 0.717) is 17.9 Å². The predicted octanol–water partition coefficient (Wildman–Crippen LogP) is 0.0534. The van der Waals surface area contributed by atoms with Crippen molar-refractivity contribution in [3.05, 3.63) is 11.4 Å².